The Morgan fingerprint density at radius 1 is 0.917 bits per heavy atom. The summed E-state index contributed by atoms with van der Waals surface area (Å²) >= 11 is 0. The second kappa shape index (κ2) is 7.88. The van der Waals surface area contributed by atoms with Gasteiger partial charge in [-0.2, -0.15) is 0 Å². The summed E-state index contributed by atoms with van der Waals surface area (Å²) in [4.78, 5) is 25.8. The first-order chi connectivity index (χ1) is 11.5. The van der Waals surface area contributed by atoms with Crippen LogP contribution in [0.1, 0.15) is 25.0 Å². The third kappa shape index (κ3) is 4.65. The van der Waals surface area contributed by atoms with E-state index in [0.717, 1.165) is 16.8 Å². The van der Waals surface area contributed by atoms with Gasteiger partial charge in [0.15, 0.2) is 4.98 Å². The number of hydrogen-bond donors (Lipinski definition) is 2. The third-order valence-corrected chi connectivity index (χ3v) is 3.51. The molecule has 0 radical (unpaired) electrons. The van der Waals surface area contributed by atoms with Gasteiger partial charge in [0.05, 0.1) is 11.8 Å². The molecule has 0 aliphatic heterocycles. The van der Waals surface area contributed by atoms with E-state index in [2.05, 4.69) is 15.6 Å². The molecule has 2 rings (SSSR count). The van der Waals surface area contributed by atoms with Crippen molar-refractivity contribution in [3.8, 4) is 0 Å². The summed E-state index contributed by atoms with van der Waals surface area (Å²) in [6, 6.07) is 12.7. The van der Waals surface area contributed by atoms with Gasteiger partial charge in [-0.3, -0.25) is 9.59 Å². The number of anilines is 2. The Kier molecular flexibility index (Phi) is 5.63. The summed E-state index contributed by atoms with van der Waals surface area (Å²) in [7, 11) is 0. The van der Waals surface area contributed by atoms with Crippen molar-refractivity contribution in [1.82, 2.24) is 0 Å². The normalized spacial score (nSPS) is 9.88. The first kappa shape index (κ1) is 17.2. The minimum absolute atomic E-state index is 0.115. The second-order valence-corrected chi connectivity index (χ2v) is 5.46. The van der Waals surface area contributed by atoms with E-state index in [1.165, 1.54) is 13.8 Å². The summed E-state index contributed by atoms with van der Waals surface area (Å²) < 4.78 is 0. The number of rotatable bonds is 5. The fourth-order valence-electron chi connectivity index (χ4n) is 2.47. The standard InChI is InChI=1S/C18H18N4O2/c1-12(23)20-17-6-4-3-5-14(17)7-8-15-9-10-16(22-19)11-18(15)21-13(2)24/h3-6,9-11H,7-8H2,1-2H3,(H-,20,21,23,24)/p+1. The molecule has 0 heterocycles. The number of diazo groups is 1. The maximum absolute atomic E-state index is 11.4. The number of aryl methyl sites for hydroxylation is 2. The lowest BCUT2D eigenvalue weighted by Gasteiger charge is -2.12. The number of carbonyl (C=O) groups excluding carboxylic acids is 2. The molecule has 2 amide bonds. The number of nitrogens with zero attached hydrogens (tertiary/aromatic N) is 2. The number of carbonyl (C=O) groups is 2. The summed E-state index contributed by atoms with van der Waals surface area (Å²) in [6.45, 7) is 2.90. The smallest absolute Gasteiger partial charge is 0.326 e. The minimum atomic E-state index is -0.190. The van der Waals surface area contributed by atoms with Gasteiger partial charge in [0.25, 0.3) is 0 Å². The highest BCUT2D eigenvalue weighted by molar-refractivity contribution is 5.90. The van der Waals surface area contributed by atoms with Crippen LogP contribution in [0.3, 0.4) is 0 Å². The van der Waals surface area contributed by atoms with Crippen molar-refractivity contribution < 1.29 is 9.59 Å². The molecule has 24 heavy (non-hydrogen) atoms. The third-order valence-electron chi connectivity index (χ3n) is 3.51. The molecule has 0 atom stereocenters. The van der Waals surface area contributed by atoms with Crippen LogP contribution in [-0.4, -0.2) is 11.8 Å². The number of para-hydroxylation sites is 1. The predicted molar refractivity (Wildman–Crippen MR) is 93.6 cm³/mol. The second-order valence-electron chi connectivity index (χ2n) is 5.46. The molecule has 0 spiro atoms. The van der Waals surface area contributed by atoms with Crippen molar-refractivity contribution in [2.45, 2.75) is 26.7 Å². The Morgan fingerprint density at radius 2 is 1.50 bits per heavy atom. The molecule has 0 unspecified atom stereocenters. The first-order valence-corrected chi connectivity index (χ1v) is 7.60. The van der Waals surface area contributed by atoms with Gasteiger partial charge < -0.3 is 10.6 Å². The number of nitrogens with one attached hydrogen (secondary N) is 2. The number of amides is 2. The van der Waals surface area contributed by atoms with Crippen LogP contribution in [0.15, 0.2) is 42.5 Å². The molecule has 2 N–H and O–H groups in total. The van der Waals surface area contributed by atoms with Gasteiger partial charge in [-0.1, -0.05) is 18.2 Å². The average Bonchev–Trinajstić information content (AvgIpc) is 2.53. The van der Waals surface area contributed by atoms with Gasteiger partial charge in [0, 0.05) is 25.6 Å². The van der Waals surface area contributed by atoms with E-state index in [1.54, 1.807) is 12.1 Å². The predicted octanol–water partition coefficient (Wildman–Crippen LogP) is 3.87. The van der Waals surface area contributed by atoms with Crippen LogP contribution < -0.4 is 10.6 Å². The van der Waals surface area contributed by atoms with Crippen molar-refractivity contribution in [1.29, 1.82) is 5.39 Å². The van der Waals surface area contributed by atoms with Crippen LogP contribution in [0.25, 0.3) is 4.98 Å². The monoisotopic (exact) mass is 323 g/mol. The van der Waals surface area contributed by atoms with Gasteiger partial charge in [-0.15, -0.1) is 0 Å². The Labute approximate surface area is 140 Å². The lowest BCUT2D eigenvalue weighted by atomic mass is 10.0. The van der Waals surface area contributed by atoms with E-state index in [1.807, 2.05) is 30.3 Å². The topological polar surface area (TPSA) is 86.3 Å². The molecular formula is C18H19N4O2+. The van der Waals surface area contributed by atoms with E-state index in [0.29, 0.717) is 24.2 Å². The van der Waals surface area contributed by atoms with Crippen molar-refractivity contribution in [3.63, 3.8) is 0 Å². The molecule has 2 aromatic rings. The molecular weight excluding hydrogens is 304 g/mol. The van der Waals surface area contributed by atoms with Crippen LogP contribution in [0.2, 0.25) is 0 Å². The summed E-state index contributed by atoms with van der Waals surface area (Å²) in [5, 5.41) is 14.5. The van der Waals surface area contributed by atoms with Crippen LogP contribution in [0, 0.1) is 5.39 Å². The molecule has 0 aliphatic carbocycles. The molecule has 0 fully saturated rings. The van der Waals surface area contributed by atoms with E-state index < -0.39 is 0 Å². The van der Waals surface area contributed by atoms with Crippen LogP contribution in [0.5, 0.6) is 0 Å². The molecule has 6 nitrogen and oxygen atoms in total. The van der Waals surface area contributed by atoms with E-state index in [9.17, 15) is 9.59 Å². The zero-order valence-corrected chi connectivity index (χ0v) is 13.7. The molecule has 0 saturated carbocycles. The molecule has 0 saturated heterocycles. The van der Waals surface area contributed by atoms with Gasteiger partial charge in [-0.25, -0.2) is 0 Å². The molecule has 0 aliphatic rings. The first-order valence-electron chi connectivity index (χ1n) is 7.60. The number of hydrogen-bond acceptors (Lipinski definition) is 3. The Balaban J connectivity index is 2.22. The van der Waals surface area contributed by atoms with Crippen LogP contribution >= 0.6 is 0 Å². The van der Waals surface area contributed by atoms with Gasteiger partial charge in [-0.05, 0) is 36.1 Å². The SMILES string of the molecule is CC(=O)Nc1ccccc1CCc1ccc([N+]#N)cc1NC(C)=O. The average molecular weight is 323 g/mol. The fourth-order valence-corrected chi connectivity index (χ4v) is 2.47. The minimum Gasteiger partial charge on any atom is -0.326 e. The highest BCUT2D eigenvalue weighted by Gasteiger charge is 2.12. The Morgan fingerprint density at radius 3 is 2.12 bits per heavy atom. The van der Waals surface area contributed by atoms with Crippen molar-refractivity contribution in [3.05, 3.63) is 58.6 Å². The molecule has 0 aromatic heterocycles. The van der Waals surface area contributed by atoms with E-state index in [-0.39, 0.29) is 11.8 Å². The van der Waals surface area contributed by atoms with E-state index in [4.69, 9.17) is 5.39 Å². The highest BCUT2D eigenvalue weighted by Crippen LogP contribution is 2.25. The quantitative estimate of drug-likeness (QED) is 0.819. The summed E-state index contributed by atoms with van der Waals surface area (Å²) in [5.41, 5.74) is 3.72. The van der Waals surface area contributed by atoms with Gasteiger partial charge in [0.2, 0.25) is 17.2 Å². The summed E-state index contributed by atoms with van der Waals surface area (Å²) in [5.74, 6) is -0.305. The van der Waals surface area contributed by atoms with Crippen molar-refractivity contribution in [2.75, 3.05) is 10.6 Å². The summed E-state index contributed by atoms with van der Waals surface area (Å²) in [6.07, 6.45) is 1.36. The van der Waals surface area contributed by atoms with Crippen molar-refractivity contribution in [2.24, 2.45) is 0 Å². The maximum atomic E-state index is 11.4. The fraction of sp³-hybridized carbons (Fsp3) is 0.222. The lowest BCUT2D eigenvalue weighted by molar-refractivity contribution is -0.115. The van der Waals surface area contributed by atoms with Crippen LogP contribution in [0.4, 0.5) is 17.1 Å². The molecule has 2 aromatic carbocycles. The molecule has 6 heteroatoms. The van der Waals surface area contributed by atoms with Gasteiger partial charge in [0.1, 0.15) is 0 Å². The number of benzene rings is 2. The molecule has 122 valence electrons. The van der Waals surface area contributed by atoms with E-state index >= 15 is 0 Å². The highest BCUT2D eigenvalue weighted by atomic mass is 16.2. The zero-order chi connectivity index (χ0) is 17.5. The lowest BCUT2D eigenvalue weighted by Crippen LogP contribution is -2.10. The molecule has 0 bridgehead atoms. The van der Waals surface area contributed by atoms with Crippen molar-refractivity contribution >= 4 is 28.9 Å². The van der Waals surface area contributed by atoms with Gasteiger partial charge >= 0.3 is 5.69 Å². The Hall–Kier alpha value is -3.20. The Bertz CT molecular complexity index is 809. The zero-order valence-electron chi connectivity index (χ0n) is 13.7. The maximum Gasteiger partial charge on any atom is 0.387 e. The van der Waals surface area contributed by atoms with Crippen LogP contribution in [-0.2, 0) is 22.4 Å². The largest absolute Gasteiger partial charge is 0.387 e.